The minimum atomic E-state index is -0.351. The van der Waals surface area contributed by atoms with Gasteiger partial charge in [0, 0.05) is 49.0 Å². The van der Waals surface area contributed by atoms with Crippen molar-refractivity contribution in [1.82, 2.24) is 24.9 Å². The van der Waals surface area contributed by atoms with Crippen molar-refractivity contribution < 1.29 is 9.59 Å². The van der Waals surface area contributed by atoms with Crippen LogP contribution in [0.4, 0.5) is 10.6 Å². The average molecular weight is 479 g/mol. The lowest BCUT2D eigenvalue weighted by molar-refractivity contribution is 0.0656. The highest BCUT2D eigenvalue weighted by molar-refractivity contribution is 6.42. The Morgan fingerprint density at radius 3 is 2.81 bits per heavy atom. The number of carbonyl (C=O) groups is 2. The smallest absolute Gasteiger partial charge is 0.320 e. The van der Waals surface area contributed by atoms with Gasteiger partial charge >= 0.3 is 6.03 Å². The minimum Gasteiger partial charge on any atom is -0.323 e. The van der Waals surface area contributed by atoms with Crippen LogP contribution in [0.25, 0.3) is 0 Å². The lowest BCUT2D eigenvalue weighted by Gasteiger charge is -2.43. The molecule has 3 heterocycles. The highest BCUT2D eigenvalue weighted by Crippen LogP contribution is 2.27. The first-order chi connectivity index (χ1) is 15.2. The van der Waals surface area contributed by atoms with Crippen LogP contribution < -0.4 is 5.32 Å². The van der Waals surface area contributed by atoms with Crippen LogP contribution in [-0.2, 0) is 6.54 Å². The molecule has 2 aliphatic heterocycles. The fourth-order valence-electron chi connectivity index (χ4n) is 4.54. The van der Waals surface area contributed by atoms with Gasteiger partial charge in [-0.05, 0) is 51.4 Å². The number of fused-ring (bicyclic) bond motifs is 1. The first kappa shape index (κ1) is 22.9. The molecule has 0 saturated carbocycles. The third-order valence-corrected chi connectivity index (χ3v) is 7.13. The fraction of sp³-hybridized carbons (Fsp3) is 0.500. The second kappa shape index (κ2) is 9.29. The van der Waals surface area contributed by atoms with Crippen LogP contribution in [0.2, 0.25) is 10.0 Å². The number of piperazine rings is 1. The van der Waals surface area contributed by atoms with Gasteiger partial charge in [0.25, 0.3) is 5.91 Å². The van der Waals surface area contributed by atoms with Gasteiger partial charge in [-0.1, -0.05) is 23.2 Å². The Labute approximate surface area is 197 Å². The molecule has 2 fully saturated rings. The number of aromatic nitrogens is 2. The number of nitrogens with zero attached hydrogens (tertiary/aromatic N) is 4. The predicted molar refractivity (Wildman–Crippen MR) is 125 cm³/mol. The van der Waals surface area contributed by atoms with Crippen LogP contribution in [0.3, 0.4) is 0 Å². The summed E-state index contributed by atoms with van der Waals surface area (Å²) in [5, 5.41) is 10.6. The topological polar surface area (TPSA) is 84.6 Å². The van der Waals surface area contributed by atoms with E-state index in [1.807, 2.05) is 11.8 Å². The quantitative estimate of drug-likeness (QED) is 0.695. The van der Waals surface area contributed by atoms with Crippen molar-refractivity contribution in [2.45, 2.75) is 45.3 Å². The molecule has 1 aromatic carbocycles. The number of urea groups is 1. The van der Waals surface area contributed by atoms with E-state index in [4.69, 9.17) is 23.2 Å². The summed E-state index contributed by atoms with van der Waals surface area (Å²) in [5.74, 6) is 0.0446. The van der Waals surface area contributed by atoms with Gasteiger partial charge in [-0.3, -0.25) is 14.8 Å². The Hall–Kier alpha value is -2.29. The van der Waals surface area contributed by atoms with Crippen LogP contribution >= 0.6 is 23.2 Å². The van der Waals surface area contributed by atoms with Gasteiger partial charge in [0.15, 0.2) is 5.82 Å². The molecule has 0 radical (unpaired) electrons. The summed E-state index contributed by atoms with van der Waals surface area (Å²) in [6, 6.07) is 5.30. The average Bonchev–Trinajstić information content (AvgIpc) is 3.35. The van der Waals surface area contributed by atoms with Gasteiger partial charge in [0.1, 0.15) is 0 Å². The fourth-order valence-corrected chi connectivity index (χ4v) is 4.84. The summed E-state index contributed by atoms with van der Waals surface area (Å²) in [5.41, 5.74) is 1.93. The second-order valence-corrected chi connectivity index (χ2v) is 9.50. The molecule has 0 aliphatic carbocycles. The lowest BCUT2D eigenvalue weighted by atomic mass is 10.1. The molecule has 2 saturated heterocycles. The van der Waals surface area contributed by atoms with Crippen molar-refractivity contribution in [3.8, 4) is 0 Å². The van der Waals surface area contributed by atoms with E-state index in [0.717, 1.165) is 37.3 Å². The Kier molecular flexibility index (Phi) is 6.65. The number of hydrogen-bond acceptors (Lipinski definition) is 4. The molecule has 10 heteroatoms. The Morgan fingerprint density at radius 1 is 1.28 bits per heavy atom. The second-order valence-electron chi connectivity index (χ2n) is 8.69. The largest absolute Gasteiger partial charge is 0.323 e. The number of H-pyrrole nitrogens is 1. The monoisotopic (exact) mass is 478 g/mol. The first-order valence-electron chi connectivity index (χ1n) is 10.8. The summed E-state index contributed by atoms with van der Waals surface area (Å²) in [6.45, 7) is 7.11. The molecule has 0 unspecified atom stereocenters. The molecule has 2 N–H and O–H groups in total. The number of rotatable bonds is 4. The number of hydrogen-bond donors (Lipinski definition) is 2. The SMILES string of the molecule is Cc1[nH]nc(NC(=O)c2ccc(Cl)c(Cl)c2)c1CN(C)C(=O)N1C[C@@H]2CCCN2C[C@@H]1C. The predicted octanol–water partition coefficient (Wildman–Crippen LogP) is 4.00. The van der Waals surface area contributed by atoms with E-state index in [9.17, 15) is 9.59 Å². The molecule has 3 amide bonds. The van der Waals surface area contributed by atoms with Crippen LogP contribution in [0.1, 0.15) is 41.4 Å². The van der Waals surface area contributed by atoms with Crippen molar-refractivity contribution in [2.75, 3.05) is 32.0 Å². The number of anilines is 1. The molecule has 8 nitrogen and oxygen atoms in total. The normalized spacial score (nSPS) is 20.8. The van der Waals surface area contributed by atoms with Crippen molar-refractivity contribution in [3.05, 3.63) is 45.1 Å². The highest BCUT2D eigenvalue weighted by atomic mass is 35.5. The van der Waals surface area contributed by atoms with Gasteiger partial charge in [-0.25, -0.2) is 4.79 Å². The van der Waals surface area contributed by atoms with Gasteiger partial charge in [-0.2, -0.15) is 5.10 Å². The summed E-state index contributed by atoms with van der Waals surface area (Å²) >= 11 is 12.0. The molecule has 32 heavy (non-hydrogen) atoms. The van der Waals surface area contributed by atoms with Crippen molar-refractivity contribution >= 4 is 41.0 Å². The first-order valence-corrected chi connectivity index (χ1v) is 11.6. The van der Waals surface area contributed by atoms with E-state index in [0.29, 0.717) is 34.0 Å². The zero-order valence-corrected chi connectivity index (χ0v) is 20.0. The number of amides is 3. The molecule has 2 aromatic rings. The number of aromatic amines is 1. The van der Waals surface area contributed by atoms with Crippen molar-refractivity contribution in [2.24, 2.45) is 0 Å². The van der Waals surface area contributed by atoms with E-state index in [2.05, 4.69) is 27.3 Å². The number of halogens is 2. The van der Waals surface area contributed by atoms with Crippen LogP contribution in [0.5, 0.6) is 0 Å². The van der Waals surface area contributed by atoms with Gasteiger partial charge < -0.3 is 15.1 Å². The van der Waals surface area contributed by atoms with E-state index in [1.165, 1.54) is 12.5 Å². The number of aryl methyl sites for hydroxylation is 1. The molecule has 0 bridgehead atoms. The van der Waals surface area contributed by atoms with Crippen molar-refractivity contribution in [3.63, 3.8) is 0 Å². The molecule has 4 rings (SSSR count). The van der Waals surface area contributed by atoms with Gasteiger partial charge in [0.05, 0.1) is 16.6 Å². The Balaban J connectivity index is 1.45. The maximum absolute atomic E-state index is 13.2. The molecule has 2 atom stereocenters. The van der Waals surface area contributed by atoms with E-state index >= 15 is 0 Å². The molecular formula is C22H28Cl2N6O2. The molecular weight excluding hydrogens is 451 g/mol. The number of benzene rings is 1. The van der Waals surface area contributed by atoms with Gasteiger partial charge in [0.2, 0.25) is 0 Å². The molecule has 172 valence electrons. The highest BCUT2D eigenvalue weighted by Gasteiger charge is 2.37. The summed E-state index contributed by atoms with van der Waals surface area (Å²) < 4.78 is 0. The van der Waals surface area contributed by atoms with E-state index in [1.54, 1.807) is 24.1 Å². The number of carbonyl (C=O) groups excluding carboxylic acids is 2. The standard InChI is InChI=1S/C22H28Cl2N6O2/c1-13-10-29-8-4-5-16(29)11-30(13)22(32)28(3)12-17-14(2)26-27-20(17)25-21(31)15-6-7-18(23)19(24)9-15/h6-7,9,13,16H,4-5,8,10-12H2,1-3H3,(H2,25,26,27,31)/t13-,16-/m0/s1. The van der Waals surface area contributed by atoms with E-state index in [-0.39, 0.29) is 18.0 Å². The Bertz CT molecular complexity index is 1030. The van der Waals surface area contributed by atoms with Crippen molar-refractivity contribution in [1.29, 1.82) is 0 Å². The maximum atomic E-state index is 13.2. The Morgan fingerprint density at radius 2 is 2.06 bits per heavy atom. The van der Waals surface area contributed by atoms with Crippen LogP contribution in [-0.4, -0.2) is 75.6 Å². The minimum absolute atomic E-state index is 0.00795. The zero-order valence-electron chi connectivity index (χ0n) is 18.5. The molecule has 0 spiro atoms. The van der Waals surface area contributed by atoms with Gasteiger partial charge in [-0.15, -0.1) is 0 Å². The molecule has 1 aromatic heterocycles. The lowest BCUT2D eigenvalue weighted by Crippen LogP contribution is -2.58. The number of nitrogens with one attached hydrogen (secondary N) is 2. The van der Waals surface area contributed by atoms with Crippen LogP contribution in [0, 0.1) is 6.92 Å². The third kappa shape index (κ3) is 4.58. The maximum Gasteiger partial charge on any atom is 0.320 e. The third-order valence-electron chi connectivity index (χ3n) is 6.39. The summed E-state index contributed by atoms with van der Waals surface area (Å²) in [7, 11) is 1.78. The summed E-state index contributed by atoms with van der Waals surface area (Å²) in [4.78, 5) is 32.1. The molecule has 2 aliphatic rings. The zero-order chi connectivity index (χ0) is 23.0. The van der Waals surface area contributed by atoms with E-state index < -0.39 is 0 Å². The summed E-state index contributed by atoms with van der Waals surface area (Å²) in [6.07, 6.45) is 2.34. The van der Waals surface area contributed by atoms with Crippen LogP contribution in [0.15, 0.2) is 18.2 Å².